The molecule has 0 spiro atoms. The number of nitrogens with zero attached hydrogens (tertiary/aromatic N) is 2. The van der Waals surface area contributed by atoms with Crippen LogP contribution in [-0.4, -0.2) is 34.4 Å². The van der Waals surface area contributed by atoms with Crippen molar-refractivity contribution in [2.24, 2.45) is 0 Å². The van der Waals surface area contributed by atoms with Gasteiger partial charge in [-0.1, -0.05) is 24.3 Å². The van der Waals surface area contributed by atoms with Gasteiger partial charge < -0.3 is 14.8 Å². The highest BCUT2D eigenvalue weighted by Crippen LogP contribution is 2.29. The monoisotopic (exact) mass is 393 g/mol. The molecule has 2 amide bonds. The van der Waals surface area contributed by atoms with Crippen LogP contribution in [0.4, 0.5) is 13.2 Å². The van der Waals surface area contributed by atoms with Crippen LogP contribution in [0.1, 0.15) is 22.7 Å². The van der Waals surface area contributed by atoms with Crippen LogP contribution < -0.4 is 10.9 Å². The molecule has 3 rings (SSSR count). The average molecular weight is 393 g/mol. The normalized spacial score (nSPS) is 17.4. The summed E-state index contributed by atoms with van der Waals surface area (Å²) in [6, 6.07) is 7.62. The Hall–Kier alpha value is -3.10. The van der Waals surface area contributed by atoms with Crippen molar-refractivity contribution in [2.75, 3.05) is 13.1 Å². The number of carbonyl (C=O) groups is 2. The van der Waals surface area contributed by atoms with Gasteiger partial charge in [0.2, 0.25) is 11.8 Å². The Bertz CT molecular complexity index is 969. The molecule has 0 bridgehead atoms. The molecule has 0 aliphatic carbocycles. The van der Waals surface area contributed by atoms with Crippen molar-refractivity contribution in [1.82, 2.24) is 14.8 Å². The maximum atomic E-state index is 12.9. The summed E-state index contributed by atoms with van der Waals surface area (Å²) in [5, 5.41) is 2.70. The van der Waals surface area contributed by atoms with Gasteiger partial charge in [0.1, 0.15) is 12.6 Å². The highest BCUT2D eigenvalue weighted by atomic mass is 19.4. The molecule has 0 saturated carbocycles. The van der Waals surface area contributed by atoms with Crippen LogP contribution in [0.15, 0.2) is 47.4 Å². The molecular formula is C19H18F3N3O3. The van der Waals surface area contributed by atoms with Gasteiger partial charge in [-0.3, -0.25) is 14.4 Å². The molecule has 1 aliphatic rings. The first-order chi connectivity index (χ1) is 13.2. The van der Waals surface area contributed by atoms with E-state index in [1.807, 2.05) is 0 Å². The predicted molar refractivity (Wildman–Crippen MR) is 94.3 cm³/mol. The van der Waals surface area contributed by atoms with Gasteiger partial charge in [-0.15, -0.1) is 0 Å². The Morgan fingerprint density at radius 3 is 2.57 bits per heavy atom. The van der Waals surface area contributed by atoms with Crippen molar-refractivity contribution in [1.29, 1.82) is 0 Å². The van der Waals surface area contributed by atoms with Gasteiger partial charge in [-0.05, 0) is 24.1 Å². The summed E-state index contributed by atoms with van der Waals surface area (Å²) >= 11 is 0. The lowest BCUT2D eigenvalue weighted by Gasteiger charge is -2.36. The molecule has 1 aromatic carbocycles. The lowest BCUT2D eigenvalue weighted by molar-refractivity contribution is -0.144. The molecule has 1 saturated heterocycles. The number of aromatic nitrogens is 1. The molecule has 6 nitrogen and oxygen atoms in total. The number of pyridine rings is 1. The molecule has 148 valence electrons. The fourth-order valence-electron chi connectivity index (χ4n) is 3.20. The van der Waals surface area contributed by atoms with Crippen molar-refractivity contribution in [3.05, 3.63) is 69.6 Å². The number of rotatable bonds is 3. The quantitative estimate of drug-likeness (QED) is 0.866. The number of benzene rings is 1. The summed E-state index contributed by atoms with van der Waals surface area (Å²) in [5.74, 6) is -0.977. The second-order valence-corrected chi connectivity index (χ2v) is 6.52. The molecule has 1 fully saturated rings. The topological polar surface area (TPSA) is 71.4 Å². The van der Waals surface area contributed by atoms with E-state index in [1.165, 1.54) is 4.90 Å². The van der Waals surface area contributed by atoms with E-state index in [0.717, 1.165) is 11.6 Å². The van der Waals surface area contributed by atoms with E-state index in [-0.39, 0.29) is 19.0 Å². The first kappa shape index (κ1) is 19.7. The summed E-state index contributed by atoms with van der Waals surface area (Å²) in [7, 11) is 0. The highest BCUT2D eigenvalue weighted by Gasteiger charge is 2.36. The standard InChI is InChI=1S/C19H18F3N3O3/c1-12-4-2-3-5-14(12)17-18(28)23-8-9-25(17)16(27)11-24-10-13(19(20,21)22)6-7-15(24)26/h2-7,10,17H,8-9,11H2,1H3,(H,23,28). The average Bonchev–Trinajstić information content (AvgIpc) is 2.63. The Balaban J connectivity index is 1.92. The minimum atomic E-state index is -4.63. The number of nitrogens with one attached hydrogen (secondary N) is 1. The second kappa shape index (κ2) is 7.49. The van der Waals surface area contributed by atoms with E-state index in [9.17, 15) is 27.6 Å². The molecule has 0 radical (unpaired) electrons. The first-order valence-corrected chi connectivity index (χ1v) is 8.59. The summed E-state index contributed by atoms with van der Waals surface area (Å²) in [4.78, 5) is 38.5. The fraction of sp³-hybridized carbons (Fsp3) is 0.316. The van der Waals surface area contributed by atoms with E-state index in [0.29, 0.717) is 22.4 Å². The third kappa shape index (κ3) is 3.92. The van der Waals surface area contributed by atoms with E-state index in [2.05, 4.69) is 5.32 Å². The third-order valence-electron chi connectivity index (χ3n) is 4.63. The molecule has 1 N–H and O–H groups in total. The number of alkyl halides is 3. The SMILES string of the molecule is Cc1ccccc1C1C(=O)NCCN1C(=O)Cn1cc(C(F)(F)F)ccc1=O. The van der Waals surface area contributed by atoms with Crippen LogP contribution >= 0.6 is 0 Å². The number of hydrogen-bond acceptors (Lipinski definition) is 3. The number of amides is 2. The number of aryl methyl sites for hydroxylation is 1. The lowest BCUT2D eigenvalue weighted by Crippen LogP contribution is -2.53. The summed E-state index contributed by atoms with van der Waals surface area (Å²) < 4.78 is 39.4. The van der Waals surface area contributed by atoms with Crippen molar-refractivity contribution < 1.29 is 22.8 Å². The molecular weight excluding hydrogens is 375 g/mol. The fourth-order valence-corrected chi connectivity index (χ4v) is 3.20. The van der Waals surface area contributed by atoms with Crippen LogP contribution in [0.3, 0.4) is 0 Å². The van der Waals surface area contributed by atoms with Gasteiger partial charge in [0, 0.05) is 25.4 Å². The number of hydrogen-bond donors (Lipinski definition) is 1. The molecule has 2 heterocycles. The van der Waals surface area contributed by atoms with Gasteiger partial charge in [0.05, 0.1) is 5.56 Å². The van der Waals surface area contributed by atoms with Crippen molar-refractivity contribution in [3.8, 4) is 0 Å². The Labute approximate surface area is 158 Å². The zero-order valence-corrected chi connectivity index (χ0v) is 15.0. The van der Waals surface area contributed by atoms with Gasteiger partial charge >= 0.3 is 6.18 Å². The molecule has 9 heteroatoms. The maximum Gasteiger partial charge on any atom is 0.417 e. The lowest BCUT2D eigenvalue weighted by atomic mass is 9.97. The Morgan fingerprint density at radius 2 is 1.89 bits per heavy atom. The minimum Gasteiger partial charge on any atom is -0.352 e. The molecule has 1 atom stereocenters. The zero-order chi connectivity index (χ0) is 20.5. The Morgan fingerprint density at radius 1 is 1.18 bits per heavy atom. The smallest absolute Gasteiger partial charge is 0.352 e. The number of piperazine rings is 1. The van der Waals surface area contributed by atoms with Gasteiger partial charge in [0.15, 0.2) is 0 Å². The van der Waals surface area contributed by atoms with Crippen LogP contribution in [0.2, 0.25) is 0 Å². The second-order valence-electron chi connectivity index (χ2n) is 6.52. The van der Waals surface area contributed by atoms with Gasteiger partial charge in [-0.2, -0.15) is 13.2 Å². The number of halogens is 3. The van der Waals surface area contributed by atoms with Crippen molar-refractivity contribution in [2.45, 2.75) is 25.7 Å². The maximum absolute atomic E-state index is 12.9. The number of carbonyl (C=O) groups excluding carboxylic acids is 2. The van der Waals surface area contributed by atoms with Crippen LogP contribution in [0.25, 0.3) is 0 Å². The highest BCUT2D eigenvalue weighted by molar-refractivity contribution is 5.90. The minimum absolute atomic E-state index is 0.192. The van der Waals surface area contributed by atoms with Crippen molar-refractivity contribution >= 4 is 11.8 Å². The largest absolute Gasteiger partial charge is 0.417 e. The van der Waals surface area contributed by atoms with E-state index >= 15 is 0 Å². The molecule has 1 aromatic heterocycles. The van der Waals surface area contributed by atoms with Crippen LogP contribution in [0.5, 0.6) is 0 Å². The van der Waals surface area contributed by atoms with Crippen LogP contribution in [-0.2, 0) is 22.3 Å². The predicted octanol–water partition coefficient (Wildman–Crippen LogP) is 1.88. The summed E-state index contributed by atoms with van der Waals surface area (Å²) in [6.07, 6.45) is -4.01. The Kier molecular flexibility index (Phi) is 5.26. The molecule has 2 aromatic rings. The van der Waals surface area contributed by atoms with E-state index in [4.69, 9.17) is 0 Å². The van der Waals surface area contributed by atoms with Crippen molar-refractivity contribution in [3.63, 3.8) is 0 Å². The summed E-state index contributed by atoms with van der Waals surface area (Å²) in [5.41, 5.74) is -0.315. The molecule has 1 unspecified atom stereocenters. The van der Waals surface area contributed by atoms with E-state index in [1.54, 1.807) is 31.2 Å². The van der Waals surface area contributed by atoms with Gasteiger partial charge in [0.25, 0.3) is 5.56 Å². The third-order valence-corrected chi connectivity index (χ3v) is 4.63. The zero-order valence-electron chi connectivity index (χ0n) is 15.0. The summed E-state index contributed by atoms with van der Waals surface area (Å²) in [6.45, 7) is 1.64. The first-order valence-electron chi connectivity index (χ1n) is 8.59. The van der Waals surface area contributed by atoms with Gasteiger partial charge in [-0.25, -0.2) is 0 Å². The van der Waals surface area contributed by atoms with E-state index < -0.39 is 35.8 Å². The van der Waals surface area contributed by atoms with Crippen LogP contribution in [0, 0.1) is 6.92 Å². The molecule has 1 aliphatic heterocycles. The molecule has 28 heavy (non-hydrogen) atoms.